The molecule has 1 amide bonds. The van der Waals surface area contributed by atoms with Gasteiger partial charge in [-0.05, 0) is 28.8 Å². The third-order valence-corrected chi connectivity index (χ3v) is 5.27. The Kier molecular flexibility index (Phi) is 5.28. The first-order chi connectivity index (χ1) is 12.4. The second-order valence-corrected chi connectivity index (χ2v) is 8.44. The number of nitrogens with zero attached hydrogens (tertiary/aromatic N) is 1. The molecule has 2 N–H and O–H groups in total. The molecule has 0 bridgehead atoms. The number of hydrogen-bond donors (Lipinski definition) is 2. The highest BCUT2D eigenvalue weighted by Crippen LogP contribution is 2.31. The molecule has 3 aromatic rings. The second kappa shape index (κ2) is 7.46. The van der Waals surface area contributed by atoms with Gasteiger partial charge in [-0.3, -0.25) is 9.89 Å². The maximum atomic E-state index is 12.5. The number of thiophene rings is 1. The van der Waals surface area contributed by atoms with Crippen LogP contribution in [0.15, 0.2) is 41.8 Å². The lowest BCUT2D eigenvalue weighted by molar-refractivity contribution is -0.115. The topological polar surface area (TPSA) is 57.8 Å². The van der Waals surface area contributed by atoms with Crippen LogP contribution in [0.2, 0.25) is 0 Å². The van der Waals surface area contributed by atoms with E-state index in [-0.39, 0.29) is 11.3 Å². The number of carbonyl (C=O) groups excluding carboxylic acids is 1. The van der Waals surface area contributed by atoms with Crippen LogP contribution in [0.4, 0.5) is 5.69 Å². The van der Waals surface area contributed by atoms with Crippen molar-refractivity contribution in [3.8, 4) is 11.3 Å². The van der Waals surface area contributed by atoms with Crippen LogP contribution in [0.1, 0.15) is 43.8 Å². The molecular weight excluding hydrogens is 342 g/mol. The molecule has 0 spiro atoms. The van der Waals surface area contributed by atoms with E-state index in [1.165, 1.54) is 5.56 Å². The fourth-order valence-electron chi connectivity index (χ4n) is 2.86. The normalized spacial score (nSPS) is 11.5. The van der Waals surface area contributed by atoms with Gasteiger partial charge in [0.25, 0.3) is 0 Å². The van der Waals surface area contributed by atoms with E-state index in [9.17, 15) is 4.79 Å². The van der Waals surface area contributed by atoms with E-state index in [1.54, 1.807) is 11.3 Å². The maximum absolute atomic E-state index is 12.5. The highest BCUT2D eigenvalue weighted by molar-refractivity contribution is 7.10. The Balaban J connectivity index is 1.86. The van der Waals surface area contributed by atoms with Crippen molar-refractivity contribution in [2.45, 2.75) is 46.0 Å². The predicted molar refractivity (Wildman–Crippen MR) is 109 cm³/mol. The fourth-order valence-corrected chi connectivity index (χ4v) is 3.56. The van der Waals surface area contributed by atoms with Crippen LogP contribution in [-0.4, -0.2) is 16.1 Å². The number of amides is 1. The van der Waals surface area contributed by atoms with Crippen molar-refractivity contribution >= 4 is 22.9 Å². The van der Waals surface area contributed by atoms with E-state index in [0.29, 0.717) is 6.42 Å². The molecule has 0 radical (unpaired) electrons. The van der Waals surface area contributed by atoms with Gasteiger partial charge in [-0.15, -0.1) is 11.3 Å². The molecule has 0 aliphatic carbocycles. The Morgan fingerprint density at radius 3 is 2.50 bits per heavy atom. The summed E-state index contributed by atoms with van der Waals surface area (Å²) in [7, 11) is 0. The summed E-state index contributed by atoms with van der Waals surface area (Å²) < 4.78 is 0. The number of nitrogens with one attached hydrogen (secondary N) is 2. The molecule has 0 saturated carbocycles. The minimum absolute atomic E-state index is 0.0175. The van der Waals surface area contributed by atoms with Crippen LogP contribution in [0.3, 0.4) is 0 Å². The fraction of sp³-hybridized carbons (Fsp3) is 0.333. The van der Waals surface area contributed by atoms with Crippen molar-refractivity contribution in [3.63, 3.8) is 0 Å². The zero-order chi connectivity index (χ0) is 18.7. The average molecular weight is 368 g/mol. The summed E-state index contributed by atoms with van der Waals surface area (Å²) in [5, 5.41) is 12.6. The van der Waals surface area contributed by atoms with Gasteiger partial charge < -0.3 is 5.32 Å². The predicted octanol–water partition coefficient (Wildman–Crippen LogP) is 5.18. The van der Waals surface area contributed by atoms with Crippen molar-refractivity contribution < 1.29 is 4.79 Å². The zero-order valence-corrected chi connectivity index (χ0v) is 16.5. The standard InChI is InChI=1S/C21H25N3OS/c1-5-17-20(22-18(25)13-16-7-6-12-26-16)19(24-23-17)14-8-10-15(11-9-14)21(2,3)4/h6-12H,5,13H2,1-4H3,(H,22,25)(H,23,24). The first-order valence-electron chi connectivity index (χ1n) is 8.89. The lowest BCUT2D eigenvalue weighted by atomic mass is 9.86. The van der Waals surface area contributed by atoms with Gasteiger partial charge in [0.15, 0.2) is 0 Å². The van der Waals surface area contributed by atoms with Gasteiger partial charge in [-0.2, -0.15) is 5.10 Å². The van der Waals surface area contributed by atoms with E-state index in [0.717, 1.165) is 33.9 Å². The number of hydrogen-bond acceptors (Lipinski definition) is 3. The van der Waals surface area contributed by atoms with Crippen LogP contribution >= 0.6 is 11.3 Å². The minimum atomic E-state index is -0.0175. The summed E-state index contributed by atoms with van der Waals surface area (Å²) in [5.74, 6) is -0.0175. The van der Waals surface area contributed by atoms with E-state index >= 15 is 0 Å². The van der Waals surface area contributed by atoms with Crippen molar-refractivity contribution in [3.05, 3.63) is 57.9 Å². The number of H-pyrrole nitrogens is 1. The minimum Gasteiger partial charge on any atom is -0.322 e. The molecule has 136 valence electrons. The third-order valence-electron chi connectivity index (χ3n) is 4.40. The Bertz CT molecular complexity index is 871. The number of aryl methyl sites for hydroxylation is 1. The van der Waals surface area contributed by atoms with Gasteiger partial charge in [-0.1, -0.05) is 58.0 Å². The molecule has 0 fully saturated rings. The van der Waals surface area contributed by atoms with Crippen molar-refractivity contribution in [1.29, 1.82) is 0 Å². The van der Waals surface area contributed by atoms with Gasteiger partial charge in [0, 0.05) is 10.4 Å². The summed E-state index contributed by atoms with van der Waals surface area (Å²) in [6, 6.07) is 12.4. The largest absolute Gasteiger partial charge is 0.322 e. The monoisotopic (exact) mass is 367 g/mol. The number of aromatic amines is 1. The average Bonchev–Trinajstić information content (AvgIpc) is 3.24. The molecule has 2 heterocycles. The van der Waals surface area contributed by atoms with E-state index in [1.807, 2.05) is 17.5 Å². The van der Waals surface area contributed by atoms with Crippen LogP contribution in [0.25, 0.3) is 11.3 Å². The summed E-state index contributed by atoms with van der Waals surface area (Å²) >= 11 is 1.59. The second-order valence-electron chi connectivity index (χ2n) is 7.41. The highest BCUT2D eigenvalue weighted by Gasteiger charge is 2.18. The molecule has 3 rings (SSSR count). The van der Waals surface area contributed by atoms with Crippen LogP contribution in [0, 0.1) is 0 Å². The molecule has 2 aromatic heterocycles. The number of anilines is 1. The van der Waals surface area contributed by atoms with Crippen LogP contribution in [-0.2, 0) is 23.1 Å². The molecule has 0 aliphatic heterocycles. The van der Waals surface area contributed by atoms with Crippen LogP contribution < -0.4 is 5.32 Å². The summed E-state index contributed by atoms with van der Waals surface area (Å²) in [6.45, 7) is 8.64. The highest BCUT2D eigenvalue weighted by atomic mass is 32.1. The Labute approximate surface area is 158 Å². The molecule has 1 aromatic carbocycles. The number of benzene rings is 1. The molecule has 4 nitrogen and oxygen atoms in total. The van der Waals surface area contributed by atoms with E-state index in [2.05, 4.69) is 67.5 Å². The molecule has 5 heteroatoms. The molecule has 26 heavy (non-hydrogen) atoms. The molecule has 0 atom stereocenters. The van der Waals surface area contributed by atoms with Gasteiger partial charge in [0.05, 0.1) is 17.8 Å². The van der Waals surface area contributed by atoms with E-state index in [4.69, 9.17) is 0 Å². The lowest BCUT2D eigenvalue weighted by Gasteiger charge is -2.19. The molecule has 0 saturated heterocycles. The quantitative estimate of drug-likeness (QED) is 0.653. The SMILES string of the molecule is CCc1[nH]nc(-c2ccc(C(C)(C)C)cc2)c1NC(=O)Cc1cccs1. The van der Waals surface area contributed by atoms with Crippen LogP contribution in [0.5, 0.6) is 0 Å². The number of aromatic nitrogens is 2. The van der Waals surface area contributed by atoms with Crippen molar-refractivity contribution in [1.82, 2.24) is 10.2 Å². The third kappa shape index (κ3) is 4.05. The Morgan fingerprint density at radius 2 is 1.92 bits per heavy atom. The number of carbonyl (C=O) groups is 1. The first kappa shape index (κ1) is 18.4. The van der Waals surface area contributed by atoms with Gasteiger partial charge in [0.1, 0.15) is 5.69 Å². The maximum Gasteiger partial charge on any atom is 0.229 e. The lowest BCUT2D eigenvalue weighted by Crippen LogP contribution is -2.15. The molecular formula is C21H25N3OS. The zero-order valence-electron chi connectivity index (χ0n) is 15.7. The molecule has 0 unspecified atom stereocenters. The Morgan fingerprint density at radius 1 is 1.19 bits per heavy atom. The summed E-state index contributed by atoms with van der Waals surface area (Å²) in [6.07, 6.45) is 1.16. The van der Waals surface area contributed by atoms with E-state index < -0.39 is 0 Å². The van der Waals surface area contributed by atoms with Crippen molar-refractivity contribution in [2.24, 2.45) is 0 Å². The van der Waals surface area contributed by atoms with Gasteiger partial charge in [0.2, 0.25) is 5.91 Å². The van der Waals surface area contributed by atoms with Gasteiger partial charge >= 0.3 is 0 Å². The first-order valence-corrected chi connectivity index (χ1v) is 9.77. The summed E-state index contributed by atoms with van der Waals surface area (Å²) in [5.41, 5.74) is 4.91. The summed E-state index contributed by atoms with van der Waals surface area (Å²) in [4.78, 5) is 13.5. The molecule has 0 aliphatic rings. The smallest absolute Gasteiger partial charge is 0.229 e. The van der Waals surface area contributed by atoms with Gasteiger partial charge in [-0.25, -0.2) is 0 Å². The Hall–Kier alpha value is -2.40. The van der Waals surface area contributed by atoms with Crippen molar-refractivity contribution in [2.75, 3.05) is 5.32 Å². The number of rotatable bonds is 5.